The standard InChI is InChI=1S/C17H24N6O3/c18-13(24)7-12-3-1-2-5-23(12)16-14-15(19-10-20-16)22(11-21-14)8-17(25)4-6-26-9-17/h10-12,25H,1-9H2,(H2,18,24). The molecule has 2 unspecified atom stereocenters. The lowest BCUT2D eigenvalue weighted by molar-refractivity contribution is -0.118. The van der Waals surface area contributed by atoms with Gasteiger partial charge in [0, 0.05) is 32.0 Å². The molecule has 0 bridgehead atoms. The molecule has 9 nitrogen and oxygen atoms in total. The number of primary amides is 1. The molecule has 2 saturated heterocycles. The summed E-state index contributed by atoms with van der Waals surface area (Å²) in [7, 11) is 0. The number of nitrogens with zero attached hydrogens (tertiary/aromatic N) is 5. The van der Waals surface area contributed by atoms with Crippen LogP contribution in [-0.2, 0) is 16.1 Å². The predicted molar refractivity (Wildman–Crippen MR) is 94.5 cm³/mol. The molecule has 140 valence electrons. The van der Waals surface area contributed by atoms with Crippen LogP contribution in [0, 0.1) is 0 Å². The first-order chi connectivity index (χ1) is 12.6. The average molecular weight is 360 g/mol. The van der Waals surface area contributed by atoms with Crippen molar-refractivity contribution in [2.45, 2.75) is 50.3 Å². The Hall–Kier alpha value is -2.26. The molecular formula is C17H24N6O3. The third kappa shape index (κ3) is 3.24. The quantitative estimate of drug-likeness (QED) is 0.782. The maximum Gasteiger partial charge on any atom is 0.219 e. The van der Waals surface area contributed by atoms with Gasteiger partial charge in [-0.2, -0.15) is 0 Å². The molecule has 4 heterocycles. The summed E-state index contributed by atoms with van der Waals surface area (Å²) in [5, 5.41) is 10.6. The second-order valence-electron chi connectivity index (χ2n) is 7.28. The van der Waals surface area contributed by atoms with Crippen molar-refractivity contribution in [3.8, 4) is 0 Å². The molecule has 2 aromatic heterocycles. The van der Waals surface area contributed by atoms with E-state index in [0.29, 0.717) is 43.8 Å². The van der Waals surface area contributed by atoms with Crippen molar-refractivity contribution in [3.63, 3.8) is 0 Å². The summed E-state index contributed by atoms with van der Waals surface area (Å²) in [5.41, 5.74) is 5.90. The Labute approximate surface area is 151 Å². The summed E-state index contributed by atoms with van der Waals surface area (Å²) in [5.74, 6) is 0.426. The lowest BCUT2D eigenvalue weighted by Crippen LogP contribution is -2.42. The summed E-state index contributed by atoms with van der Waals surface area (Å²) in [6.07, 6.45) is 7.13. The fraction of sp³-hybridized carbons (Fsp3) is 0.647. The van der Waals surface area contributed by atoms with E-state index in [1.807, 2.05) is 4.57 Å². The van der Waals surface area contributed by atoms with Gasteiger partial charge in [0.2, 0.25) is 5.91 Å². The van der Waals surface area contributed by atoms with Gasteiger partial charge in [0.05, 0.1) is 19.5 Å². The highest BCUT2D eigenvalue weighted by Gasteiger charge is 2.34. The fourth-order valence-electron chi connectivity index (χ4n) is 3.96. The van der Waals surface area contributed by atoms with Crippen LogP contribution >= 0.6 is 0 Å². The van der Waals surface area contributed by atoms with E-state index in [0.717, 1.165) is 31.6 Å². The Morgan fingerprint density at radius 3 is 3.04 bits per heavy atom. The van der Waals surface area contributed by atoms with Crippen molar-refractivity contribution in [1.29, 1.82) is 0 Å². The fourth-order valence-corrected chi connectivity index (χ4v) is 3.96. The Kier molecular flexibility index (Phi) is 4.49. The van der Waals surface area contributed by atoms with E-state index in [1.165, 1.54) is 6.33 Å². The second kappa shape index (κ2) is 6.81. The molecule has 0 saturated carbocycles. The Morgan fingerprint density at radius 1 is 1.38 bits per heavy atom. The third-order valence-corrected chi connectivity index (χ3v) is 5.27. The first kappa shape index (κ1) is 17.2. The van der Waals surface area contributed by atoms with Crippen molar-refractivity contribution in [3.05, 3.63) is 12.7 Å². The van der Waals surface area contributed by atoms with E-state index >= 15 is 0 Å². The highest BCUT2D eigenvalue weighted by molar-refractivity contribution is 5.84. The van der Waals surface area contributed by atoms with Crippen LogP contribution in [-0.4, -0.2) is 61.9 Å². The minimum absolute atomic E-state index is 0.0388. The third-order valence-electron chi connectivity index (χ3n) is 5.27. The number of hydrogen-bond acceptors (Lipinski definition) is 7. The lowest BCUT2D eigenvalue weighted by atomic mass is 9.99. The van der Waals surface area contributed by atoms with Crippen LogP contribution in [0.1, 0.15) is 32.1 Å². The number of aliphatic hydroxyl groups is 1. The van der Waals surface area contributed by atoms with Crippen molar-refractivity contribution in [2.75, 3.05) is 24.7 Å². The largest absolute Gasteiger partial charge is 0.386 e. The molecule has 1 amide bonds. The van der Waals surface area contributed by atoms with Crippen LogP contribution < -0.4 is 10.6 Å². The molecule has 2 aliphatic heterocycles. The number of piperidine rings is 1. The number of rotatable bonds is 5. The molecule has 3 N–H and O–H groups in total. The highest BCUT2D eigenvalue weighted by Crippen LogP contribution is 2.30. The van der Waals surface area contributed by atoms with E-state index in [2.05, 4.69) is 19.9 Å². The zero-order chi connectivity index (χ0) is 18.1. The van der Waals surface area contributed by atoms with Gasteiger partial charge in [-0.1, -0.05) is 0 Å². The molecule has 26 heavy (non-hydrogen) atoms. The number of carbonyl (C=O) groups excluding carboxylic acids is 1. The van der Waals surface area contributed by atoms with Crippen LogP contribution in [0.25, 0.3) is 11.2 Å². The van der Waals surface area contributed by atoms with Crippen molar-refractivity contribution in [1.82, 2.24) is 19.5 Å². The van der Waals surface area contributed by atoms with Crippen molar-refractivity contribution in [2.24, 2.45) is 5.73 Å². The average Bonchev–Trinajstić information content (AvgIpc) is 3.22. The number of nitrogens with two attached hydrogens (primary N) is 1. The topological polar surface area (TPSA) is 119 Å². The summed E-state index contributed by atoms with van der Waals surface area (Å²) in [6.45, 7) is 2.07. The Balaban J connectivity index is 1.66. The van der Waals surface area contributed by atoms with Gasteiger partial charge in [0.15, 0.2) is 17.0 Å². The Morgan fingerprint density at radius 2 is 2.27 bits per heavy atom. The van der Waals surface area contributed by atoms with Crippen LogP contribution in [0.4, 0.5) is 5.82 Å². The number of imidazole rings is 1. The zero-order valence-corrected chi connectivity index (χ0v) is 14.7. The van der Waals surface area contributed by atoms with Gasteiger partial charge in [0.1, 0.15) is 11.9 Å². The first-order valence-corrected chi connectivity index (χ1v) is 9.07. The number of aromatic nitrogens is 4. The van der Waals surface area contributed by atoms with Crippen LogP contribution in [0.2, 0.25) is 0 Å². The van der Waals surface area contributed by atoms with Crippen LogP contribution in [0.5, 0.6) is 0 Å². The summed E-state index contributed by atoms with van der Waals surface area (Å²) < 4.78 is 7.17. The lowest BCUT2D eigenvalue weighted by Gasteiger charge is -2.36. The second-order valence-corrected chi connectivity index (χ2v) is 7.28. The summed E-state index contributed by atoms with van der Waals surface area (Å²) in [4.78, 5) is 26.9. The van der Waals surface area contributed by atoms with Gasteiger partial charge in [-0.25, -0.2) is 15.0 Å². The van der Waals surface area contributed by atoms with Crippen LogP contribution in [0.3, 0.4) is 0 Å². The number of anilines is 1. The van der Waals surface area contributed by atoms with Gasteiger partial charge < -0.3 is 25.0 Å². The van der Waals surface area contributed by atoms with Crippen LogP contribution in [0.15, 0.2) is 12.7 Å². The molecule has 2 aromatic rings. The smallest absolute Gasteiger partial charge is 0.219 e. The number of fused-ring (bicyclic) bond motifs is 1. The maximum atomic E-state index is 11.4. The van der Waals surface area contributed by atoms with Gasteiger partial charge >= 0.3 is 0 Å². The highest BCUT2D eigenvalue weighted by atomic mass is 16.5. The Bertz CT molecular complexity index is 801. The summed E-state index contributed by atoms with van der Waals surface area (Å²) >= 11 is 0. The molecule has 2 fully saturated rings. The number of amides is 1. The molecule has 9 heteroatoms. The van der Waals surface area contributed by atoms with Gasteiger partial charge in [-0.05, 0) is 19.3 Å². The molecule has 0 radical (unpaired) electrons. The number of ether oxygens (including phenoxy) is 1. The number of carbonyl (C=O) groups is 1. The molecule has 0 aliphatic carbocycles. The normalized spacial score (nSPS) is 26.5. The predicted octanol–water partition coefficient (Wildman–Crippen LogP) is 0.212. The summed E-state index contributed by atoms with van der Waals surface area (Å²) in [6, 6.07) is 0.0388. The SMILES string of the molecule is NC(=O)CC1CCCCN1c1ncnc2c1ncn2CC1(O)CCOC1. The molecule has 2 atom stereocenters. The van der Waals surface area contributed by atoms with E-state index in [9.17, 15) is 9.90 Å². The van der Waals surface area contributed by atoms with E-state index in [4.69, 9.17) is 10.5 Å². The van der Waals surface area contributed by atoms with E-state index < -0.39 is 5.60 Å². The van der Waals surface area contributed by atoms with Gasteiger partial charge in [0.25, 0.3) is 0 Å². The first-order valence-electron chi connectivity index (χ1n) is 9.07. The molecule has 2 aliphatic rings. The van der Waals surface area contributed by atoms with Crippen molar-refractivity contribution < 1.29 is 14.6 Å². The van der Waals surface area contributed by atoms with E-state index in [-0.39, 0.29) is 11.9 Å². The minimum Gasteiger partial charge on any atom is -0.386 e. The van der Waals surface area contributed by atoms with Crippen molar-refractivity contribution >= 4 is 22.9 Å². The zero-order valence-electron chi connectivity index (χ0n) is 14.7. The monoisotopic (exact) mass is 360 g/mol. The molecular weight excluding hydrogens is 336 g/mol. The molecule has 0 aromatic carbocycles. The number of hydrogen-bond donors (Lipinski definition) is 2. The van der Waals surface area contributed by atoms with E-state index in [1.54, 1.807) is 6.33 Å². The molecule has 4 rings (SSSR count). The molecule has 0 spiro atoms. The van der Waals surface area contributed by atoms with Gasteiger partial charge in [-0.15, -0.1) is 0 Å². The minimum atomic E-state index is -0.891. The maximum absolute atomic E-state index is 11.4. The van der Waals surface area contributed by atoms with Gasteiger partial charge in [-0.3, -0.25) is 4.79 Å².